The molecule has 1 aromatic rings. The van der Waals surface area contributed by atoms with Gasteiger partial charge < -0.3 is 10.4 Å². The average Bonchev–Trinajstić information content (AvgIpc) is 2.55. The van der Waals surface area contributed by atoms with Crippen LogP contribution in [0.1, 0.15) is 20.3 Å². The molecule has 0 unspecified atom stereocenters. The molecule has 1 aliphatic rings. The Balaban J connectivity index is 1.89. The topological polar surface area (TPSA) is 72.9 Å². The fourth-order valence-corrected chi connectivity index (χ4v) is 3.00. The van der Waals surface area contributed by atoms with Gasteiger partial charge in [0, 0.05) is 31.9 Å². The third-order valence-corrected chi connectivity index (χ3v) is 4.48. The number of amides is 1. The number of hydrogen-bond acceptors (Lipinski definition) is 4. The van der Waals surface area contributed by atoms with Gasteiger partial charge in [0.15, 0.2) is 0 Å². The first-order chi connectivity index (χ1) is 11.4. The van der Waals surface area contributed by atoms with Crippen LogP contribution in [0.3, 0.4) is 0 Å². The summed E-state index contributed by atoms with van der Waals surface area (Å²) in [6.45, 7) is 6.15. The van der Waals surface area contributed by atoms with Crippen LogP contribution >= 0.6 is 0 Å². The number of piperazine rings is 1. The van der Waals surface area contributed by atoms with E-state index in [1.54, 1.807) is 19.1 Å². The Morgan fingerprint density at radius 2 is 1.88 bits per heavy atom. The molecule has 0 saturated carbocycles. The van der Waals surface area contributed by atoms with E-state index in [0.717, 1.165) is 0 Å². The van der Waals surface area contributed by atoms with Crippen LogP contribution in [-0.4, -0.2) is 65.0 Å². The summed E-state index contributed by atoms with van der Waals surface area (Å²) >= 11 is 0. The van der Waals surface area contributed by atoms with Gasteiger partial charge in [0.05, 0.1) is 6.04 Å². The number of carbonyl (C=O) groups is 2. The number of carbonyl (C=O) groups excluding carboxylic acids is 1. The molecule has 24 heavy (non-hydrogen) atoms. The van der Waals surface area contributed by atoms with Crippen LogP contribution in [0.2, 0.25) is 0 Å². The maximum Gasteiger partial charge on any atom is 0.320 e. The van der Waals surface area contributed by atoms with Crippen LogP contribution < -0.4 is 5.32 Å². The highest BCUT2D eigenvalue weighted by molar-refractivity contribution is 5.94. The SMILES string of the molecule is CC[C@H](C(=O)O)N1CCN([C@@H](C)C(=O)Nc2cccc(F)c2)CC1. The third kappa shape index (κ3) is 4.52. The zero-order chi connectivity index (χ0) is 17.7. The van der Waals surface area contributed by atoms with Gasteiger partial charge in [0.1, 0.15) is 11.9 Å². The molecule has 0 aromatic heterocycles. The van der Waals surface area contributed by atoms with Crippen LogP contribution in [0.15, 0.2) is 24.3 Å². The number of benzene rings is 1. The minimum Gasteiger partial charge on any atom is -0.480 e. The molecule has 1 amide bonds. The standard InChI is InChI=1S/C17H24FN3O3/c1-3-15(17(23)24)21-9-7-20(8-10-21)12(2)16(22)19-14-6-4-5-13(18)11-14/h4-6,11-12,15H,3,7-10H2,1-2H3,(H,19,22)(H,23,24)/t12-,15+/m0/s1. The van der Waals surface area contributed by atoms with Crippen molar-refractivity contribution < 1.29 is 19.1 Å². The van der Waals surface area contributed by atoms with Crippen LogP contribution in [0, 0.1) is 5.82 Å². The number of rotatable bonds is 6. The fourth-order valence-electron chi connectivity index (χ4n) is 3.00. The summed E-state index contributed by atoms with van der Waals surface area (Å²) < 4.78 is 13.2. The smallest absolute Gasteiger partial charge is 0.320 e. The van der Waals surface area contributed by atoms with E-state index in [1.807, 2.05) is 16.7 Å². The van der Waals surface area contributed by atoms with Crippen molar-refractivity contribution in [3.8, 4) is 0 Å². The number of carboxylic acids is 1. The van der Waals surface area contributed by atoms with Gasteiger partial charge in [0.2, 0.25) is 5.91 Å². The Hall–Kier alpha value is -1.99. The lowest BCUT2D eigenvalue weighted by Crippen LogP contribution is -2.56. The normalized spacial score (nSPS) is 18.8. The minimum atomic E-state index is -0.803. The van der Waals surface area contributed by atoms with Gasteiger partial charge in [0.25, 0.3) is 0 Å². The van der Waals surface area contributed by atoms with Crippen LogP contribution in [0.4, 0.5) is 10.1 Å². The van der Waals surface area contributed by atoms with E-state index in [9.17, 15) is 19.1 Å². The molecule has 7 heteroatoms. The zero-order valence-electron chi connectivity index (χ0n) is 14.0. The Kier molecular flexibility index (Phi) is 6.28. The predicted octanol–water partition coefficient (Wildman–Crippen LogP) is 1.63. The minimum absolute atomic E-state index is 0.195. The molecule has 132 valence electrons. The van der Waals surface area contributed by atoms with Crippen molar-refractivity contribution in [1.29, 1.82) is 0 Å². The fraction of sp³-hybridized carbons (Fsp3) is 0.529. The third-order valence-electron chi connectivity index (χ3n) is 4.48. The molecule has 2 atom stereocenters. The van der Waals surface area contributed by atoms with E-state index in [0.29, 0.717) is 38.3 Å². The summed E-state index contributed by atoms with van der Waals surface area (Å²) in [5.74, 6) is -1.39. The van der Waals surface area contributed by atoms with Crippen LogP contribution in [0.25, 0.3) is 0 Å². The second-order valence-corrected chi connectivity index (χ2v) is 6.01. The van der Waals surface area contributed by atoms with Crippen molar-refractivity contribution in [2.45, 2.75) is 32.4 Å². The molecule has 0 aliphatic carbocycles. The first-order valence-corrected chi connectivity index (χ1v) is 8.19. The molecular formula is C17H24FN3O3. The Bertz CT molecular complexity index is 588. The molecule has 1 heterocycles. The molecule has 1 aliphatic heterocycles. The van der Waals surface area contributed by atoms with Gasteiger partial charge in [-0.3, -0.25) is 19.4 Å². The van der Waals surface area contributed by atoms with E-state index in [4.69, 9.17) is 0 Å². The highest BCUT2D eigenvalue weighted by Crippen LogP contribution is 2.14. The highest BCUT2D eigenvalue weighted by Gasteiger charge is 2.30. The molecule has 2 N–H and O–H groups in total. The monoisotopic (exact) mass is 337 g/mol. The molecule has 0 radical (unpaired) electrons. The Morgan fingerprint density at radius 1 is 1.25 bits per heavy atom. The number of nitrogens with zero attached hydrogens (tertiary/aromatic N) is 2. The van der Waals surface area contributed by atoms with Gasteiger partial charge >= 0.3 is 5.97 Å². The van der Waals surface area contributed by atoms with E-state index in [2.05, 4.69) is 5.32 Å². The molecule has 6 nitrogen and oxygen atoms in total. The van der Waals surface area contributed by atoms with Crippen molar-refractivity contribution in [3.63, 3.8) is 0 Å². The summed E-state index contributed by atoms with van der Waals surface area (Å²) in [7, 11) is 0. The lowest BCUT2D eigenvalue weighted by Gasteiger charge is -2.39. The largest absolute Gasteiger partial charge is 0.480 e. The summed E-state index contributed by atoms with van der Waals surface area (Å²) in [5, 5.41) is 11.9. The maximum absolute atomic E-state index is 13.2. The quantitative estimate of drug-likeness (QED) is 0.825. The summed E-state index contributed by atoms with van der Waals surface area (Å²) in [5.41, 5.74) is 0.433. The lowest BCUT2D eigenvalue weighted by atomic mass is 10.1. The number of nitrogens with one attached hydrogen (secondary N) is 1. The number of carboxylic acid groups (broad SMARTS) is 1. The van der Waals surface area contributed by atoms with Crippen molar-refractivity contribution in [2.24, 2.45) is 0 Å². The molecular weight excluding hydrogens is 313 g/mol. The number of anilines is 1. The van der Waals surface area contributed by atoms with Crippen molar-refractivity contribution in [2.75, 3.05) is 31.5 Å². The maximum atomic E-state index is 13.2. The average molecular weight is 337 g/mol. The van der Waals surface area contributed by atoms with Crippen LogP contribution in [-0.2, 0) is 9.59 Å². The first kappa shape index (κ1) is 18.4. The van der Waals surface area contributed by atoms with E-state index >= 15 is 0 Å². The van der Waals surface area contributed by atoms with E-state index in [-0.39, 0.29) is 11.9 Å². The van der Waals surface area contributed by atoms with Gasteiger partial charge in [-0.15, -0.1) is 0 Å². The van der Waals surface area contributed by atoms with Crippen molar-refractivity contribution >= 4 is 17.6 Å². The Morgan fingerprint density at radius 3 is 2.42 bits per heavy atom. The lowest BCUT2D eigenvalue weighted by molar-refractivity contribution is -0.144. The zero-order valence-corrected chi connectivity index (χ0v) is 14.0. The molecule has 0 bridgehead atoms. The van der Waals surface area contributed by atoms with Crippen LogP contribution in [0.5, 0.6) is 0 Å². The van der Waals surface area contributed by atoms with Crippen molar-refractivity contribution in [3.05, 3.63) is 30.1 Å². The Labute approximate surface area is 141 Å². The molecule has 0 spiro atoms. The summed E-state index contributed by atoms with van der Waals surface area (Å²) in [6, 6.07) is 4.96. The molecule has 2 rings (SSSR count). The van der Waals surface area contributed by atoms with Gasteiger partial charge in [-0.25, -0.2) is 4.39 Å². The molecule has 1 saturated heterocycles. The molecule has 1 fully saturated rings. The van der Waals surface area contributed by atoms with Gasteiger partial charge in [-0.2, -0.15) is 0 Å². The summed E-state index contributed by atoms with van der Waals surface area (Å²) in [4.78, 5) is 27.5. The van der Waals surface area contributed by atoms with Crippen molar-refractivity contribution in [1.82, 2.24) is 9.80 Å². The number of halogens is 1. The van der Waals surface area contributed by atoms with Gasteiger partial charge in [-0.1, -0.05) is 13.0 Å². The second-order valence-electron chi connectivity index (χ2n) is 6.01. The second kappa shape index (κ2) is 8.21. The highest BCUT2D eigenvalue weighted by atomic mass is 19.1. The van der Waals surface area contributed by atoms with Gasteiger partial charge in [-0.05, 0) is 31.5 Å². The first-order valence-electron chi connectivity index (χ1n) is 8.19. The molecule has 1 aromatic carbocycles. The number of hydrogen-bond donors (Lipinski definition) is 2. The summed E-state index contributed by atoms with van der Waals surface area (Å²) in [6.07, 6.45) is 0.560. The van der Waals surface area contributed by atoms with E-state index in [1.165, 1.54) is 12.1 Å². The number of aliphatic carboxylic acids is 1. The van der Waals surface area contributed by atoms with E-state index < -0.39 is 17.8 Å². The predicted molar refractivity (Wildman–Crippen MR) is 89.4 cm³/mol.